The zero-order valence-electron chi connectivity index (χ0n) is 15.2. The smallest absolute Gasteiger partial charge is 0.325 e. The van der Waals surface area contributed by atoms with Crippen LogP contribution in [0.2, 0.25) is 0 Å². The molecule has 0 aliphatic rings. The molecule has 0 heterocycles. The highest BCUT2D eigenvalue weighted by molar-refractivity contribution is 7.99. The molecule has 2 aromatic carbocycles. The molecule has 0 saturated heterocycles. The standard InChI is InChI=1S/C20H21FN2O4S/c21-16-7-4-6-15(12-16)20(26)23-13-19(25)27-14-18(24)22-10-5-11-28-17-8-2-1-3-9-17/h1-4,6-9,12H,5,10-11,13-14H2,(H,22,24)(H,23,26). The van der Waals surface area contributed by atoms with Gasteiger partial charge in [0.2, 0.25) is 0 Å². The lowest BCUT2D eigenvalue weighted by Crippen LogP contribution is -2.34. The topological polar surface area (TPSA) is 84.5 Å². The van der Waals surface area contributed by atoms with Crippen molar-refractivity contribution in [2.75, 3.05) is 25.4 Å². The SMILES string of the molecule is O=C(COC(=O)CNC(=O)c1cccc(F)c1)NCCCSc1ccccc1. The van der Waals surface area contributed by atoms with E-state index < -0.39 is 36.8 Å². The molecule has 0 aliphatic heterocycles. The van der Waals surface area contributed by atoms with Gasteiger partial charge in [-0.05, 0) is 42.5 Å². The number of carbonyl (C=O) groups excluding carboxylic acids is 3. The van der Waals surface area contributed by atoms with Crippen molar-refractivity contribution in [1.82, 2.24) is 10.6 Å². The summed E-state index contributed by atoms with van der Waals surface area (Å²) in [6.45, 7) is -0.344. The lowest BCUT2D eigenvalue weighted by atomic mass is 10.2. The summed E-state index contributed by atoms with van der Waals surface area (Å²) < 4.78 is 17.9. The van der Waals surface area contributed by atoms with E-state index in [2.05, 4.69) is 10.6 Å². The third-order valence-corrected chi connectivity index (χ3v) is 4.60. The fourth-order valence-electron chi connectivity index (χ4n) is 2.14. The number of halogens is 1. The zero-order chi connectivity index (χ0) is 20.2. The number of hydrogen-bond acceptors (Lipinski definition) is 5. The quantitative estimate of drug-likeness (QED) is 0.361. The molecular weight excluding hydrogens is 383 g/mol. The minimum atomic E-state index is -0.750. The second-order valence-electron chi connectivity index (χ2n) is 5.72. The first-order chi connectivity index (χ1) is 13.5. The normalized spacial score (nSPS) is 10.2. The van der Waals surface area contributed by atoms with Gasteiger partial charge in [-0.1, -0.05) is 24.3 Å². The van der Waals surface area contributed by atoms with Crippen LogP contribution in [0.1, 0.15) is 16.8 Å². The lowest BCUT2D eigenvalue weighted by molar-refractivity contribution is -0.147. The molecule has 2 N–H and O–H groups in total. The van der Waals surface area contributed by atoms with Gasteiger partial charge in [0.25, 0.3) is 11.8 Å². The minimum absolute atomic E-state index is 0.0962. The zero-order valence-corrected chi connectivity index (χ0v) is 16.0. The van der Waals surface area contributed by atoms with E-state index in [0.717, 1.165) is 18.2 Å². The van der Waals surface area contributed by atoms with Gasteiger partial charge in [0.1, 0.15) is 12.4 Å². The van der Waals surface area contributed by atoms with Crippen molar-refractivity contribution in [3.63, 3.8) is 0 Å². The summed E-state index contributed by atoms with van der Waals surface area (Å²) in [5, 5.41) is 4.97. The Morgan fingerprint density at radius 2 is 1.79 bits per heavy atom. The average Bonchev–Trinajstić information content (AvgIpc) is 2.71. The van der Waals surface area contributed by atoms with Crippen LogP contribution in [-0.2, 0) is 14.3 Å². The van der Waals surface area contributed by atoms with Gasteiger partial charge in [-0.25, -0.2) is 4.39 Å². The van der Waals surface area contributed by atoms with E-state index >= 15 is 0 Å². The summed E-state index contributed by atoms with van der Waals surface area (Å²) in [6.07, 6.45) is 0.781. The number of amides is 2. The third-order valence-electron chi connectivity index (χ3n) is 3.50. The molecule has 2 rings (SSSR count). The van der Waals surface area contributed by atoms with Gasteiger partial charge < -0.3 is 15.4 Å². The Labute approximate surface area is 166 Å². The van der Waals surface area contributed by atoms with Crippen molar-refractivity contribution >= 4 is 29.5 Å². The van der Waals surface area contributed by atoms with E-state index in [1.807, 2.05) is 30.3 Å². The van der Waals surface area contributed by atoms with Crippen molar-refractivity contribution in [3.05, 3.63) is 66.0 Å². The van der Waals surface area contributed by atoms with E-state index in [1.54, 1.807) is 11.8 Å². The van der Waals surface area contributed by atoms with Crippen molar-refractivity contribution in [2.24, 2.45) is 0 Å². The minimum Gasteiger partial charge on any atom is -0.454 e. The molecule has 0 radical (unpaired) electrons. The summed E-state index contributed by atoms with van der Waals surface area (Å²) in [5.74, 6) is -1.45. The van der Waals surface area contributed by atoms with Crippen LogP contribution in [0.15, 0.2) is 59.5 Å². The molecule has 0 spiro atoms. The molecule has 0 atom stereocenters. The largest absolute Gasteiger partial charge is 0.454 e. The average molecular weight is 404 g/mol. The van der Waals surface area contributed by atoms with Crippen molar-refractivity contribution in [2.45, 2.75) is 11.3 Å². The number of rotatable bonds is 10. The monoisotopic (exact) mass is 404 g/mol. The Bertz CT molecular complexity index is 802. The molecule has 0 unspecified atom stereocenters. The molecule has 0 aliphatic carbocycles. The summed E-state index contributed by atoms with van der Waals surface area (Å²) in [7, 11) is 0. The summed E-state index contributed by atoms with van der Waals surface area (Å²) in [5.41, 5.74) is 0.0962. The fraction of sp³-hybridized carbons (Fsp3) is 0.250. The molecule has 2 aromatic rings. The Balaban J connectivity index is 1.54. The highest BCUT2D eigenvalue weighted by atomic mass is 32.2. The summed E-state index contributed by atoms with van der Waals surface area (Å²) >= 11 is 1.70. The molecule has 148 valence electrons. The maximum Gasteiger partial charge on any atom is 0.325 e. The van der Waals surface area contributed by atoms with Crippen LogP contribution >= 0.6 is 11.8 Å². The van der Waals surface area contributed by atoms with Gasteiger partial charge in [0, 0.05) is 17.0 Å². The van der Waals surface area contributed by atoms with Crippen LogP contribution < -0.4 is 10.6 Å². The van der Waals surface area contributed by atoms with Gasteiger partial charge in [-0.3, -0.25) is 14.4 Å². The first kappa shape index (κ1) is 21.4. The van der Waals surface area contributed by atoms with Crippen LogP contribution in [0, 0.1) is 5.82 Å². The van der Waals surface area contributed by atoms with Crippen molar-refractivity contribution in [1.29, 1.82) is 0 Å². The van der Waals surface area contributed by atoms with Crippen molar-refractivity contribution in [3.8, 4) is 0 Å². The maximum absolute atomic E-state index is 13.1. The lowest BCUT2D eigenvalue weighted by Gasteiger charge is -2.08. The number of nitrogens with one attached hydrogen (secondary N) is 2. The number of esters is 1. The van der Waals surface area contributed by atoms with Gasteiger partial charge in [-0.15, -0.1) is 11.8 Å². The Hall–Kier alpha value is -2.87. The molecule has 28 heavy (non-hydrogen) atoms. The second-order valence-corrected chi connectivity index (χ2v) is 6.89. The first-order valence-corrected chi connectivity index (χ1v) is 9.67. The van der Waals surface area contributed by atoms with Crippen LogP contribution in [-0.4, -0.2) is 43.2 Å². The van der Waals surface area contributed by atoms with E-state index in [-0.39, 0.29) is 5.56 Å². The van der Waals surface area contributed by atoms with Gasteiger partial charge in [-0.2, -0.15) is 0 Å². The highest BCUT2D eigenvalue weighted by Gasteiger charge is 2.11. The molecule has 0 aromatic heterocycles. The molecule has 2 amide bonds. The van der Waals surface area contributed by atoms with Gasteiger partial charge >= 0.3 is 5.97 Å². The highest BCUT2D eigenvalue weighted by Crippen LogP contribution is 2.17. The molecule has 0 fully saturated rings. The van der Waals surface area contributed by atoms with Crippen LogP contribution in [0.3, 0.4) is 0 Å². The number of hydrogen-bond donors (Lipinski definition) is 2. The summed E-state index contributed by atoms with van der Waals surface area (Å²) in [4.78, 5) is 36.2. The number of thioether (sulfide) groups is 1. The predicted octanol–water partition coefficient (Wildman–Crippen LogP) is 2.40. The van der Waals surface area contributed by atoms with E-state index in [1.165, 1.54) is 23.1 Å². The second kappa shape index (κ2) is 11.8. The molecule has 8 heteroatoms. The summed E-state index contributed by atoms with van der Waals surface area (Å²) in [6, 6.07) is 15.0. The van der Waals surface area contributed by atoms with E-state index in [9.17, 15) is 18.8 Å². The first-order valence-electron chi connectivity index (χ1n) is 8.68. The van der Waals surface area contributed by atoms with E-state index in [4.69, 9.17) is 4.74 Å². The Morgan fingerprint density at radius 1 is 1.00 bits per heavy atom. The Kier molecular flexibility index (Phi) is 9.00. The van der Waals surface area contributed by atoms with Crippen LogP contribution in [0.4, 0.5) is 4.39 Å². The number of ether oxygens (including phenoxy) is 1. The molecular formula is C20H21FN2O4S. The number of benzene rings is 2. The Morgan fingerprint density at radius 3 is 2.54 bits per heavy atom. The van der Waals surface area contributed by atoms with Crippen LogP contribution in [0.5, 0.6) is 0 Å². The van der Waals surface area contributed by atoms with E-state index in [0.29, 0.717) is 6.54 Å². The molecule has 6 nitrogen and oxygen atoms in total. The molecule has 0 bridgehead atoms. The van der Waals surface area contributed by atoms with Gasteiger partial charge in [0.15, 0.2) is 6.61 Å². The van der Waals surface area contributed by atoms with Crippen LogP contribution in [0.25, 0.3) is 0 Å². The van der Waals surface area contributed by atoms with Crippen molar-refractivity contribution < 1.29 is 23.5 Å². The number of carbonyl (C=O) groups is 3. The maximum atomic E-state index is 13.1. The van der Waals surface area contributed by atoms with Gasteiger partial charge in [0.05, 0.1) is 0 Å². The third kappa shape index (κ3) is 8.22. The fourth-order valence-corrected chi connectivity index (χ4v) is 3.01. The molecule has 0 saturated carbocycles. The predicted molar refractivity (Wildman–Crippen MR) is 104 cm³/mol.